The van der Waals surface area contributed by atoms with Crippen LogP contribution in [0.15, 0.2) is 16.8 Å². The summed E-state index contributed by atoms with van der Waals surface area (Å²) >= 11 is 0. The van der Waals surface area contributed by atoms with E-state index in [-0.39, 0.29) is 0 Å². The number of hydrogen-bond acceptors (Lipinski definition) is 7. The van der Waals surface area contributed by atoms with Gasteiger partial charge in [0.2, 0.25) is 5.89 Å². The van der Waals surface area contributed by atoms with Crippen LogP contribution in [-0.4, -0.2) is 15.0 Å². The molecule has 4 N–H and O–H groups in total. The Balaban J connectivity index is 2.01. The smallest absolute Gasteiger partial charge is 0.213 e. The van der Waals surface area contributed by atoms with Crippen LogP contribution in [0, 0.1) is 13.8 Å². The number of aryl methyl sites for hydroxylation is 2. The maximum absolute atomic E-state index is 5.43. The monoisotopic (exact) mass is 234 g/mol. The Hall–Kier alpha value is -2.15. The van der Waals surface area contributed by atoms with E-state index < -0.39 is 0 Å². The van der Waals surface area contributed by atoms with Crippen molar-refractivity contribution in [3.63, 3.8) is 0 Å². The van der Waals surface area contributed by atoms with E-state index in [0.29, 0.717) is 24.1 Å². The Labute approximate surface area is 98.4 Å². The van der Waals surface area contributed by atoms with Gasteiger partial charge in [0.1, 0.15) is 11.6 Å². The molecule has 17 heavy (non-hydrogen) atoms. The number of anilines is 2. The third-order valence-corrected chi connectivity index (χ3v) is 2.28. The van der Waals surface area contributed by atoms with E-state index in [0.717, 1.165) is 11.5 Å². The van der Waals surface area contributed by atoms with E-state index in [1.807, 2.05) is 13.8 Å². The summed E-state index contributed by atoms with van der Waals surface area (Å²) in [6.45, 7) is 4.24. The van der Waals surface area contributed by atoms with Gasteiger partial charge in [-0.05, 0) is 13.8 Å². The van der Waals surface area contributed by atoms with Crippen molar-refractivity contribution >= 4 is 11.6 Å². The molecule has 7 nitrogen and oxygen atoms in total. The Morgan fingerprint density at radius 2 is 2.00 bits per heavy atom. The third kappa shape index (κ3) is 2.70. The first-order valence-electron chi connectivity index (χ1n) is 5.14. The van der Waals surface area contributed by atoms with Crippen molar-refractivity contribution in [2.24, 2.45) is 5.84 Å². The molecule has 0 bridgehead atoms. The molecule has 2 rings (SSSR count). The van der Waals surface area contributed by atoms with E-state index in [2.05, 4.69) is 25.7 Å². The molecule has 90 valence electrons. The summed E-state index contributed by atoms with van der Waals surface area (Å²) in [7, 11) is 0. The molecule has 2 aromatic rings. The third-order valence-electron chi connectivity index (χ3n) is 2.28. The van der Waals surface area contributed by atoms with Crippen LogP contribution in [0.25, 0.3) is 0 Å². The van der Waals surface area contributed by atoms with Crippen LogP contribution < -0.4 is 16.6 Å². The van der Waals surface area contributed by atoms with Crippen LogP contribution in [0.4, 0.5) is 11.6 Å². The number of hydrogen-bond donors (Lipinski definition) is 3. The fourth-order valence-corrected chi connectivity index (χ4v) is 1.30. The van der Waals surface area contributed by atoms with E-state index in [4.69, 9.17) is 10.3 Å². The highest BCUT2D eigenvalue weighted by atomic mass is 16.4. The highest BCUT2D eigenvalue weighted by Crippen LogP contribution is 2.11. The molecule has 2 aromatic heterocycles. The number of nitrogens with zero attached hydrogens (tertiary/aromatic N) is 3. The maximum atomic E-state index is 5.43. The van der Waals surface area contributed by atoms with Crippen molar-refractivity contribution in [1.29, 1.82) is 0 Å². The zero-order valence-electron chi connectivity index (χ0n) is 9.69. The van der Waals surface area contributed by atoms with Gasteiger partial charge >= 0.3 is 0 Å². The summed E-state index contributed by atoms with van der Waals surface area (Å²) < 4.78 is 5.43. The van der Waals surface area contributed by atoms with Gasteiger partial charge in [-0.15, -0.1) is 0 Å². The number of nitrogen functional groups attached to an aromatic ring is 1. The predicted octanol–water partition coefficient (Wildman–Crippen LogP) is 0.979. The number of hydrazine groups is 1. The van der Waals surface area contributed by atoms with E-state index >= 15 is 0 Å². The molecule has 0 saturated carbocycles. The summed E-state index contributed by atoms with van der Waals surface area (Å²) in [6, 6.07) is 0. The highest BCUT2D eigenvalue weighted by molar-refractivity contribution is 5.40. The molecule has 0 aliphatic carbocycles. The molecule has 0 amide bonds. The van der Waals surface area contributed by atoms with Crippen LogP contribution in [0.5, 0.6) is 0 Å². The largest absolute Gasteiger partial charge is 0.444 e. The van der Waals surface area contributed by atoms with Crippen molar-refractivity contribution in [2.75, 3.05) is 10.7 Å². The molecule has 2 heterocycles. The van der Waals surface area contributed by atoms with Crippen LogP contribution in [0.1, 0.15) is 17.3 Å². The summed E-state index contributed by atoms with van der Waals surface area (Å²) in [4.78, 5) is 12.4. The van der Waals surface area contributed by atoms with Gasteiger partial charge in [0, 0.05) is 0 Å². The zero-order valence-corrected chi connectivity index (χ0v) is 9.69. The van der Waals surface area contributed by atoms with E-state index in [1.165, 1.54) is 6.20 Å². The summed E-state index contributed by atoms with van der Waals surface area (Å²) in [5, 5.41) is 3.05. The van der Waals surface area contributed by atoms with Crippen molar-refractivity contribution in [3.8, 4) is 0 Å². The number of nitrogens with one attached hydrogen (secondary N) is 2. The molecular weight excluding hydrogens is 220 g/mol. The van der Waals surface area contributed by atoms with Crippen molar-refractivity contribution in [2.45, 2.75) is 20.4 Å². The second-order valence-electron chi connectivity index (χ2n) is 3.54. The summed E-state index contributed by atoms with van der Waals surface area (Å²) in [5.41, 5.74) is 3.32. The van der Waals surface area contributed by atoms with Gasteiger partial charge in [0.05, 0.1) is 24.6 Å². The van der Waals surface area contributed by atoms with Crippen LogP contribution in [-0.2, 0) is 6.54 Å². The van der Waals surface area contributed by atoms with Gasteiger partial charge in [-0.3, -0.25) is 4.98 Å². The normalized spacial score (nSPS) is 10.3. The SMILES string of the molecule is Cc1nc(CNc2cncc(NN)n2)oc1C. The lowest BCUT2D eigenvalue weighted by molar-refractivity contribution is 0.478. The zero-order chi connectivity index (χ0) is 12.3. The molecule has 7 heteroatoms. The summed E-state index contributed by atoms with van der Waals surface area (Å²) in [6.07, 6.45) is 3.13. The first-order chi connectivity index (χ1) is 8.19. The van der Waals surface area contributed by atoms with Gasteiger partial charge in [0.15, 0.2) is 5.82 Å². The van der Waals surface area contributed by atoms with Gasteiger partial charge in [0.25, 0.3) is 0 Å². The van der Waals surface area contributed by atoms with Crippen molar-refractivity contribution in [3.05, 3.63) is 29.7 Å². The Morgan fingerprint density at radius 3 is 2.65 bits per heavy atom. The molecule has 0 spiro atoms. The van der Waals surface area contributed by atoms with Crippen LogP contribution >= 0.6 is 0 Å². The topological polar surface area (TPSA) is 102 Å². The highest BCUT2D eigenvalue weighted by Gasteiger charge is 2.05. The van der Waals surface area contributed by atoms with Gasteiger partial charge in [-0.25, -0.2) is 15.8 Å². The molecule has 0 fully saturated rings. The maximum Gasteiger partial charge on any atom is 0.213 e. The second kappa shape index (κ2) is 4.79. The molecule has 0 saturated heterocycles. The van der Waals surface area contributed by atoms with Gasteiger partial charge < -0.3 is 15.2 Å². The number of aromatic nitrogens is 3. The number of oxazole rings is 1. The minimum atomic E-state index is 0.456. The molecule has 0 unspecified atom stereocenters. The first kappa shape index (κ1) is 11.3. The summed E-state index contributed by atoms with van der Waals surface area (Å²) in [5.74, 6) is 7.78. The lowest BCUT2D eigenvalue weighted by Crippen LogP contribution is -2.10. The lowest BCUT2D eigenvalue weighted by Gasteiger charge is -2.04. The van der Waals surface area contributed by atoms with Gasteiger partial charge in [-0.2, -0.15) is 0 Å². The van der Waals surface area contributed by atoms with Crippen molar-refractivity contribution < 1.29 is 4.42 Å². The molecule has 0 aromatic carbocycles. The van der Waals surface area contributed by atoms with E-state index in [9.17, 15) is 0 Å². The fourth-order valence-electron chi connectivity index (χ4n) is 1.30. The average Bonchev–Trinajstić information content (AvgIpc) is 2.67. The number of rotatable bonds is 4. The minimum Gasteiger partial charge on any atom is -0.444 e. The predicted molar refractivity (Wildman–Crippen MR) is 63.1 cm³/mol. The Kier molecular flexibility index (Phi) is 3.20. The quantitative estimate of drug-likeness (QED) is 0.535. The first-order valence-corrected chi connectivity index (χ1v) is 5.14. The minimum absolute atomic E-state index is 0.456. The van der Waals surface area contributed by atoms with Crippen LogP contribution in [0.3, 0.4) is 0 Å². The Morgan fingerprint density at radius 1 is 1.24 bits per heavy atom. The molecule has 0 radical (unpaired) electrons. The number of nitrogens with two attached hydrogens (primary N) is 1. The molecule has 0 aliphatic heterocycles. The Bertz CT molecular complexity index is 490. The van der Waals surface area contributed by atoms with Gasteiger partial charge in [-0.1, -0.05) is 0 Å². The standard InChI is InChI=1S/C10H14N6O/c1-6-7(2)17-10(14-6)5-13-8-3-12-4-9(15-8)16-11/h3-4H,5,11H2,1-2H3,(H2,13,15,16). The average molecular weight is 234 g/mol. The lowest BCUT2D eigenvalue weighted by atomic mass is 10.4. The van der Waals surface area contributed by atoms with Crippen molar-refractivity contribution in [1.82, 2.24) is 15.0 Å². The fraction of sp³-hybridized carbons (Fsp3) is 0.300. The molecule has 0 aliphatic rings. The molecular formula is C10H14N6O. The second-order valence-corrected chi connectivity index (χ2v) is 3.54. The van der Waals surface area contributed by atoms with E-state index in [1.54, 1.807) is 6.20 Å². The van der Waals surface area contributed by atoms with Crippen LogP contribution in [0.2, 0.25) is 0 Å². The molecule has 0 atom stereocenters.